The first-order chi connectivity index (χ1) is 8.00. The summed E-state index contributed by atoms with van der Waals surface area (Å²) in [6.07, 6.45) is 0.920. The molecule has 0 aliphatic rings. The van der Waals surface area contributed by atoms with E-state index in [4.69, 9.17) is 10.2 Å². The van der Waals surface area contributed by atoms with E-state index in [0.717, 1.165) is 11.6 Å². The van der Waals surface area contributed by atoms with Crippen LogP contribution in [0.15, 0.2) is 42.2 Å². The zero-order valence-corrected chi connectivity index (χ0v) is 9.46. The molecule has 1 aromatic carbocycles. The van der Waals surface area contributed by atoms with Gasteiger partial charge in [0.15, 0.2) is 5.78 Å². The summed E-state index contributed by atoms with van der Waals surface area (Å²) in [5.74, 6) is -2.83. The van der Waals surface area contributed by atoms with Gasteiger partial charge in [-0.15, -0.1) is 0 Å². The van der Waals surface area contributed by atoms with Crippen LogP contribution < -0.4 is 0 Å². The first kappa shape index (κ1) is 13.0. The molecule has 0 heterocycles. The van der Waals surface area contributed by atoms with Gasteiger partial charge in [-0.05, 0) is 11.5 Å². The molecule has 1 unspecified atom stereocenters. The minimum atomic E-state index is -1.49. The van der Waals surface area contributed by atoms with Crippen LogP contribution in [0.2, 0.25) is 0 Å². The standard InChI is InChI=1S/C13H14O4/c1-9(10-5-3-2-4-6-10)7-11(14)8-12(15)13(16)17/h2-6,8-9,15H,7H2,1H3,(H,16,17)/b12-8-. The molecule has 0 saturated heterocycles. The summed E-state index contributed by atoms with van der Waals surface area (Å²) in [5.41, 5.74) is 1.00. The van der Waals surface area contributed by atoms with Crippen LogP contribution in [-0.4, -0.2) is 22.0 Å². The van der Waals surface area contributed by atoms with E-state index in [1.165, 1.54) is 0 Å². The molecule has 0 fully saturated rings. The van der Waals surface area contributed by atoms with Gasteiger partial charge >= 0.3 is 5.97 Å². The van der Waals surface area contributed by atoms with Gasteiger partial charge in [0, 0.05) is 12.5 Å². The third-order valence-corrected chi connectivity index (χ3v) is 2.39. The number of aliphatic carboxylic acids is 1. The number of aliphatic hydroxyl groups excluding tert-OH is 1. The molecule has 1 rings (SSSR count). The highest BCUT2D eigenvalue weighted by atomic mass is 16.4. The van der Waals surface area contributed by atoms with Gasteiger partial charge in [0.1, 0.15) is 0 Å². The molecule has 1 aromatic rings. The van der Waals surface area contributed by atoms with Crippen molar-refractivity contribution in [3.63, 3.8) is 0 Å². The molecular weight excluding hydrogens is 220 g/mol. The van der Waals surface area contributed by atoms with Gasteiger partial charge in [-0.25, -0.2) is 4.79 Å². The van der Waals surface area contributed by atoms with E-state index in [1.807, 2.05) is 37.3 Å². The monoisotopic (exact) mass is 234 g/mol. The molecule has 0 aliphatic heterocycles. The topological polar surface area (TPSA) is 74.6 Å². The zero-order chi connectivity index (χ0) is 12.8. The molecule has 2 N–H and O–H groups in total. The van der Waals surface area contributed by atoms with Crippen molar-refractivity contribution in [3.8, 4) is 0 Å². The average molecular weight is 234 g/mol. The van der Waals surface area contributed by atoms with Gasteiger partial charge in [-0.2, -0.15) is 0 Å². The van der Waals surface area contributed by atoms with E-state index >= 15 is 0 Å². The van der Waals surface area contributed by atoms with E-state index in [2.05, 4.69) is 0 Å². The maximum absolute atomic E-state index is 11.4. The van der Waals surface area contributed by atoms with Crippen molar-refractivity contribution >= 4 is 11.8 Å². The summed E-state index contributed by atoms with van der Waals surface area (Å²) in [7, 11) is 0. The fourth-order valence-corrected chi connectivity index (χ4v) is 1.47. The minimum absolute atomic E-state index is 0.0125. The Morgan fingerprint density at radius 3 is 2.35 bits per heavy atom. The molecule has 1 atom stereocenters. The van der Waals surface area contributed by atoms with Crippen molar-refractivity contribution in [2.45, 2.75) is 19.3 Å². The maximum atomic E-state index is 11.4. The van der Waals surface area contributed by atoms with Crippen LogP contribution >= 0.6 is 0 Å². The highest BCUT2D eigenvalue weighted by molar-refractivity contribution is 5.97. The number of carbonyl (C=O) groups excluding carboxylic acids is 1. The largest absolute Gasteiger partial charge is 0.502 e. The van der Waals surface area contributed by atoms with Crippen LogP contribution in [0.5, 0.6) is 0 Å². The van der Waals surface area contributed by atoms with Gasteiger partial charge in [0.25, 0.3) is 0 Å². The summed E-state index contributed by atoms with van der Waals surface area (Å²) in [4.78, 5) is 21.8. The summed E-state index contributed by atoms with van der Waals surface area (Å²) in [6.45, 7) is 1.87. The Kier molecular flexibility index (Phi) is 4.46. The van der Waals surface area contributed by atoms with Crippen LogP contribution in [0.1, 0.15) is 24.8 Å². The summed E-state index contributed by atoms with van der Waals surface area (Å²) >= 11 is 0. The first-order valence-electron chi connectivity index (χ1n) is 5.22. The highest BCUT2D eigenvalue weighted by Crippen LogP contribution is 2.18. The van der Waals surface area contributed by atoms with Crippen LogP contribution in [0.4, 0.5) is 0 Å². The molecule has 0 aromatic heterocycles. The van der Waals surface area contributed by atoms with E-state index in [-0.39, 0.29) is 12.3 Å². The predicted octanol–water partition coefficient (Wildman–Crippen LogP) is 2.28. The van der Waals surface area contributed by atoms with Crippen molar-refractivity contribution in [2.24, 2.45) is 0 Å². The fraction of sp³-hybridized carbons (Fsp3) is 0.231. The molecule has 0 aliphatic carbocycles. The Balaban J connectivity index is 2.64. The second-order valence-corrected chi connectivity index (χ2v) is 3.82. The molecule has 0 radical (unpaired) electrons. The number of ketones is 1. The van der Waals surface area contributed by atoms with Crippen LogP contribution in [0, 0.1) is 0 Å². The number of carbonyl (C=O) groups is 2. The Bertz CT molecular complexity index is 434. The number of hydrogen-bond acceptors (Lipinski definition) is 3. The lowest BCUT2D eigenvalue weighted by Crippen LogP contribution is -2.06. The molecule has 0 saturated carbocycles. The summed E-state index contributed by atoms with van der Waals surface area (Å²) in [6, 6.07) is 9.44. The minimum Gasteiger partial charge on any atom is -0.502 e. The molecule has 17 heavy (non-hydrogen) atoms. The number of carboxylic acid groups (broad SMARTS) is 1. The van der Waals surface area contributed by atoms with Gasteiger partial charge in [0.2, 0.25) is 5.76 Å². The van der Waals surface area contributed by atoms with Gasteiger partial charge < -0.3 is 10.2 Å². The predicted molar refractivity (Wildman–Crippen MR) is 62.8 cm³/mol. The lowest BCUT2D eigenvalue weighted by molar-refractivity contribution is -0.135. The summed E-state index contributed by atoms with van der Waals surface area (Å²) in [5, 5.41) is 17.3. The third-order valence-electron chi connectivity index (χ3n) is 2.39. The van der Waals surface area contributed by atoms with E-state index in [9.17, 15) is 9.59 Å². The molecule has 4 heteroatoms. The SMILES string of the molecule is CC(CC(=O)/C=C(\O)C(=O)O)c1ccccc1. The van der Waals surface area contributed by atoms with Gasteiger partial charge in [-0.1, -0.05) is 37.3 Å². The Morgan fingerprint density at radius 1 is 1.24 bits per heavy atom. The molecule has 0 bridgehead atoms. The lowest BCUT2D eigenvalue weighted by atomic mass is 9.95. The molecular formula is C13H14O4. The maximum Gasteiger partial charge on any atom is 0.371 e. The quantitative estimate of drug-likeness (QED) is 0.605. The van der Waals surface area contributed by atoms with Gasteiger partial charge in [0.05, 0.1) is 0 Å². The van der Waals surface area contributed by atoms with E-state index < -0.39 is 17.5 Å². The van der Waals surface area contributed by atoms with Crippen molar-refractivity contribution in [3.05, 3.63) is 47.7 Å². The Hall–Kier alpha value is -2.10. The van der Waals surface area contributed by atoms with Crippen LogP contribution in [0.3, 0.4) is 0 Å². The van der Waals surface area contributed by atoms with Crippen molar-refractivity contribution < 1.29 is 19.8 Å². The van der Waals surface area contributed by atoms with Crippen LogP contribution in [-0.2, 0) is 9.59 Å². The molecule has 0 amide bonds. The highest BCUT2D eigenvalue weighted by Gasteiger charge is 2.12. The van der Waals surface area contributed by atoms with Crippen LogP contribution in [0.25, 0.3) is 0 Å². The second kappa shape index (κ2) is 5.84. The summed E-state index contributed by atoms with van der Waals surface area (Å²) < 4.78 is 0. The first-order valence-corrected chi connectivity index (χ1v) is 5.22. The Labute approximate surface area is 99.2 Å². The average Bonchev–Trinajstić information content (AvgIpc) is 2.29. The van der Waals surface area contributed by atoms with Crippen molar-refractivity contribution in [2.75, 3.05) is 0 Å². The number of aliphatic hydroxyl groups is 1. The Morgan fingerprint density at radius 2 is 1.82 bits per heavy atom. The van der Waals surface area contributed by atoms with E-state index in [1.54, 1.807) is 0 Å². The van der Waals surface area contributed by atoms with Gasteiger partial charge in [-0.3, -0.25) is 4.79 Å². The molecule has 90 valence electrons. The fourth-order valence-electron chi connectivity index (χ4n) is 1.47. The number of hydrogen-bond donors (Lipinski definition) is 2. The number of rotatable bonds is 5. The zero-order valence-electron chi connectivity index (χ0n) is 9.46. The smallest absolute Gasteiger partial charge is 0.371 e. The second-order valence-electron chi connectivity index (χ2n) is 3.82. The third kappa shape index (κ3) is 4.10. The van der Waals surface area contributed by atoms with Crippen molar-refractivity contribution in [1.29, 1.82) is 0 Å². The number of allylic oxidation sites excluding steroid dienone is 1. The molecule has 0 spiro atoms. The normalized spacial score (nSPS) is 13.1. The lowest BCUT2D eigenvalue weighted by Gasteiger charge is -2.09. The molecule has 4 nitrogen and oxygen atoms in total. The number of carboxylic acids is 1. The van der Waals surface area contributed by atoms with E-state index in [0.29, 0.717) is 0 Å². The number of benzene rings is 1. The van der Waals surface area contributed by atoms with Crippen molar-refractivity contribution in [1.82, 2.24) is 0 Å².